The van der Waals surface area contributed by atoms with E-state index in [0.717, 1.165) is 25.0 Å². The fourth-order valence-corrected chi connectivity index (χ4v) is 3.73. The van der Waals surface area contributed by atoms with Gasteiger partial charge in [0, 0.05) is 5.56 Å². The molecule has 0 fully saturated rings. The Balaban J connectivity index is 1.60. The lowest BCUT2D eigenvalue weighted by atomic mass is 10.2. The summed E-state index contributed by atoms with van der Waals surface area (Å²) in [5, 5.41) is 10.3. The largest absolute Gasteiger partial charge is 0.494 e. The topological polar surface area (TPSA) is 77.2 Å². The summed E-state index contributed by atoms with van der Waals surface area (Å²) in [5.41, 5.74) is 0.983. The highest BCUT2D eigenvalue weighted by molar-refractivity contribution is 7.20. The van der Waals surface area contributed by atoms with Crippen molar-refractivity contribution in [3.05, 3.63) is 44.6 Å². The van der Waals surface area contributed by atoms with Gasteiger partial charge in [-0.1, -0.05) is 48.1 Å². The van der Waals surface area contributed by atoms with Gasteiger partial charge in [0.1, 0.15) is 10.1 Å². The molecule has 0 aliphatic rings. The van der Waals surface area contributed by atoms with Crippen molar-refractivity contribution in [2.75, 3.05) is 11.9 Å². The highest BCUT2D eigenvalue weighted by Crippen LogP contribution is 2.37. The van der Waals surface area contributed by atoms with Gasteiger partial charge in [0.2, 0.25) is 0 Å². The molecular formula is C18H17Cl2N3O3S. The summed E-state index contributed by atoms with van der Waals surface area (Å²) in [6, 6.07) is 8.48. The van der Waals surface area contributed by atoms with Crippen LogP contribution in [0.3, 0.4) is 0 Å². The van der Waals surface area contributed by atoms with E-state index in [1.54, 1.807) is 30.3 Å². The number of ether oxygens (including phenoxy) is 1. The van der Waals surface area contributed by atoms with Crippen LogP contribution >= 0.6 is 34.5 Å². The van der Waals surface area contributed by atoms with Crippen LogP contribution in [0.5, 0.6) is 5.75 Å². The quantitative estimate of drug-likeness (QED) is 0.452. The van der Waals surface area contributed by atoms with Crippen LogP contribution in [0.15, 0.2) is 34.7 Å². The van der Waals surface area contributed by atoms with E-state index in [9.17, 15) is 4.79 Å². The van der Waals surface area contributed by atoms with Gasteiger partial charge >= 0.3 is 6.01 Å². The predicted octanol–water partition coefficient (Wildman–Crippen LogP) is 5.93. The van der Waals surface area contributed by atoms with Gasteiger partial charge in [0.15, 0.2) is 0 Å². The second kappa shape index (κ2) is 9.21. The molecule has 3 aromatic rings. The third kappa shape index (κ3) is 5.22. The van der Waals surface area contributed by atoms with Gasteiger partial charge in [-0.25, -0.2) is 0 Å². The molecule has 2 aromatic heterocycles. The lowest BCUT2D eigenvalue weighted by molar-refractivity contribution is 0.102. The molecule has 1 amide bonds. The zero-order valence-corrected chi connectivity index (χ0v) is 16.8. The van der Waals surface area contributed by atoms with E-state index < -0.39 is 0 Å². The number of benzene rings is 1. The molecule has 3 rings (SSSR count). The molecule has 27 heavy (non-hydrogen) atoms. The average Bonchev–Trinajstić information content (AvgIpc) is 3.25. The smallest absolute Gasteiger partial charge is 0.322 e. The van der Waals surface area contributed by atoms with Gasteiger partial charge in [-0.2, -0.15) is 0 Å². The molecule has 0 saturated carbocycles. The van der Waals surface area contributed by atoms with Crippen LogP contribution in [0.2, 0.25) is 8.67 Å². The second-order valence-corrected chi connectivity index (χ2v) is 7.97. The molecule has 0 radical (unpaired) electrons. The first-order valence-corrected chi connectivity index (χ1v) is 9.97. The van der Waals surface area contributed by atoms with E-state index in [4.69, 9.17) is 32.4 Å². The first kappa shape index (κ1) is 19.7. The summed E-state index contributed by atoms with van der Waals surface area (Å²) in [5.74, 6) is 0.554. The summed E-state index contributed by atoms with van der Waals surface area (Å²) >= 11 is 13.2. The van der Waals surface area contributed by atoms with Crippen LogP contribution in [0.1, 0.15) is 36.5 Å². The molecule has 2 heterocycles. The predicted molar refractivity (Wildman–Crippen MR) is 107 cm³/mol. The van der Waals surface area contributed by atoms with Crippen LogP contribution in [-0.2, 0) is 0 Å². The number of carbonyl (C=O) groups excluding carboxylic acids is 1. The SMILES string of the molecule is CCCCCOc1ccc(C(=O)Nc2nnc(-c3cc(Cl)sc3Cl)o2)cc1. The van der Waals surface area contributed by atoms with Crippen molar-refractivity contribution in [1.29, 1.82) is 0 Å². The van der Waals surface area contributed by atoms with Crippen molar-refractivity contribution < 1.29 is 13.9 Å². The Kier molecular flexibility index (Phi) is 6.71. The Morgan fingerprint density at radius 3 is 2.67 bits per heavy atom. The Labute approximate surface area is 170 Å². The van der Waals surface area contributed by atoms with Crippen molar-refractivity contribution in [3.63, 3.8) is 0 Å². The number of rotatable bonds is 8. The van der Waals surface area contributed by atoms with E-state index in [1.165, 1.54) is 11.3 Å². The van der Waals surface area contributed by atoms with E-state index in [0.29, 0.717) is 26.4 Å². The molecule has 0 aliphatic carbocycles. The second-order valence-electron chi connectivity index (χ2n) is 5.68. The minimum absolute atomic E-state index is 0.0201. The first-order valence-electron chi connectivity index (χ1n) is 8.39. The number of anilines is 1. The third-order valence-electron chi connectivity index (χ3n) is 3.67. The van der Waals surface area contributed by atoms with Gasteiger partial charge < -0.3 is 9.15 Å². The summed E-state index contributed by atoms with van der Waals surface area (Å²) in [7, 11) is 0. The van der Waals surface area contributed by atoms with Gasteiger partial charge in [0.05, 0.1) is 16.5 Å². The zero-order valence-electron chi connectivity index (χ0n) is 14.5. The number of nitrogens with zero attached hydrogens (tertiary/aromatic N) is 2. The molecule has 0 atom stereocenters. The average molecular weight is 426 g/mol. The number of unbranched alkanes of at least 4 members (excludes halogenated alkanes) is 2. The van der Waals surface area contributed by atoms with E-state index in [-0.39, 0.29) is 17.8 Å². The maximum atomic E-state index is 12.3. The summed E-state index contributed by atoms with van der Waals surface area (Å²) < 4.78 is 12.0. The fraction of sp³-hybridized carbons (Fsp3) is 0.278. The van der Waals surface area contributed by atoms with Crippen LogP contribution in [0.4, 0.5) is 6.01 Å². The molecule has 0 aliphatic heterocycles. The molecule has 1 N–H and O–H groups in total. The molecule has 0 bridgehead atoms. The number of carbonyl (C=O) groups is 1. The highest BCUT2D eigenvalue weighted by atomic mass is 35.5. The molecular weight excluding hydrogens is 409 g/mol. The molecule has 142 valence electrons. The Hall–Kier alpha value is -2.09. The lowest BCUT2D eigenvalue weighted by Gasteiger charge is -2.06. The van der Waals surface area contributed by atoms with Gasteiger partial charge in [-0.15, -0.1) is 16.4 Å². The van der Waals surface area contributed by atoms with Crippen molar-refractivity contribution in [3.8, 4) is 17.2 Å². The van der Waals surface area contributed by atoms with Crippen LogP contribution in [-0.4, -0.2) is 22.7 Å². The maximum Gasteiger partial charge on any atom is 0.322 e. The van der Waals surface area contributed by atoms with Crippen molar-refractivity contribution in [1.82, 2.24) is 10.2 Å². The normalized spacial score (nSPS) is 10.8. The van der Waals surface area contributed by atoms with Crippen LogP contribution in [0.25, 0.3) is 11.5 Å². The minimum atomic E-state index is -0.364. The van der Waals surface area contributed by atoms with E-state index in [1.807, 2.05) is 0 Å². The lowest BCUT2D eigenvalue weighted by Crippen LogP contribution is -2.12. The summed E-state index contributed by atoms with van der Waals surface area (Å²) in [4.78, 5) is 12.3. The number of hydrogen-bond acceptors (Lipinski definition) is 6. The Morgan fingerprint density at radius 1 is 1.22 bits per heavy atom. The molecule has 0 unspecified atom stereocenters. The Morgan fingerprint density at radius 2 is 2.00 bits per heavy atom. The van der Waals surface area contributed by atoms with Crippen LogP contribution < -0.4 is 10.1 Å². The minimum Gasteiger partial charge on any atom is -0.494 e. The van der Waals surface area contributed by atoms with Gasteiger partial charge in [-0.05, 0) is 36.8 Å². The van der Waals surface area contributed by atoms with E-state index >= 15 is 0 Å². The van der Waals surface area contributed by atoms with Gasteiger partial charge in [0.25, 0.3) is 11.8 Å². The number of amides is 1. The highest BCUT2D eigenvalue weighted by Gasteiger charge is 2.17. The summed E-state index contributed by atoms with van der Waals surface area (Å²) in [6.45, 7) is 2.81. The standard InChI is InChI=1S/C18H17Cl2N3O3S/c1-2-3-4-9-25-12-7-5-11(6-8-12)16(24)21-18-23-22-17(26-18)13-10-14(19)27-15(13)20/h5-8,10H,2-4,9H2,1H3,(H,21,23,24). The molecule has 0 spiro atoms. The molecule has 6 nitrogen and oxygen atoms in total. The monoisotopic (exact) mass is 425 g/mol. The first-order chi connectivity index (χ1) is 13.1. The fourth-order valence-electron chi connectivity index (χ4n) is 2.28. The number of halogens is 2. The molecule has 0 saturated heterocycles. The Bertz CT molecular complexity index is 909. The van der Waals surface area contributed by atoms with Crippen molar-refractivity contribution >= 4 is 46.5 Å². The van der Waals surface area contributed by atoms with Crippen LogP contribution in [0, 0.1) is 0 Å². The third-order valence-corrected chi connectivity index (χ3v) is 5.15. The zero-order chi connectivity index (χ0) is 19.2. The number of hydrogen-bond donors (Lipinski definition) is 1. The van der Waals surface area contributed by atoms with E-state index in [2.05, 4.69) is 22.4 Å². The number of aromatic nitrogens is 2. The number of thiophene rings is 1. The van der Waals surface area contributed by atoms with Gasteiger partial charge in [-0.3, -0.25) is 10.1 Å². The molecule has 1 aromatic carbocycles. The van der Waals surface area contributed by atoms with Crippen molar-refractivity contribution in [2.24, 2.45) is 0 Å². The summed E-state index contributed by atoms with van der Waals surface area (Å²) in [6.07, 6.45) is 3.29. The maximum absolute atomic E-state index is 12.3. The van der Waals surface area contributed by atoms with Crippen molar-refractivity contribution in [2.45, 2.75) is 26.2 Å². The molecule has 9 heteroatoms. The number of nitrogens with one attached hydrogen (secondary N) is 1.